The first kappa shape index (κ1) is 35.2. The quantitative estimate of drug-likeness (QED) is 0.0330. The predicted molar refractivity (Wildman–Crippen MR) is 221 cm³/mol. The fourth-order valence-corrected chi connectivity index (χ4v) is 26.5. The second-order valence-electron chi connectivity index (χ2n) is 15.2. The van der Waals surface area contributed by atoms with Gasteiger partial charge in [-0.05, 0) is 0 Å². The summed E-state index contributed by atoms with van der Waals surface area (Å²) in [5, 5.41) is 29.4. The van der Waals surface area contributed by atoms with Crippen LogP contribution in [0.1, 0.15) is 81.0 Å². The van der Waals surface area contributed by atoms with Crippen LogP contribution in [0.4, 0.5) is 22.7 Å². The summed E-state index contributed by atoms with van der Waals surface area (Å²) >= 11 is -3.92. The number of fused-ring (bicyclic) bond motifs is 1. The van der Waals surface area contributed by atoms with Crippen molar-refractivity contribution in [2.45, 2.75) is 48.4 Å². The van der Waals surface area contributed by atoms with Gasteiger partial charge in [0.15, 0.2) is 0 Å². The average molecular weight is 863 g/mol. The van der Waals surface area contributed by atoms with E-state index in [9.17, 15) is 39.4 Å². The number of anilines is 2. The second kappa shape index (κ2) is 12.4. The molecule has 3 aliphatic heterocycles. The van der Waals surface area contributed by atoms with Gasteiger partial charge in [-0.3, -0.25) is 0 Å². The Kier molecular flexibility index (Phi) is 7.62. The van der Waals surface area contributed by atoms with E-state index in [1.807, 2.05) is 24.3 Å². The van der Waals surface area contributed by atoms with Gasteiger partial charge in [0.25, 0.3) is 0 Å². The van der Waals surface area contributed by atoms with Crippen molar-refractivity contribution in [3.05, 3.63) is 127 Å². The summed E-state index contributed by atoms with van der Waals surface area (Å²) in [7, 11) is 0. The maximum atomic E-state index is 14.8. The number of nitro benzene ring substituents is 2. The molecule has 0 N–H and O–H groups in total. The average Bonchev–Trinajstić information content (AvgIpc) is 3.49. The summed E-state index contributed by atoms with van der Waals surface area (Å²) in [6.45, 7) is 4.32. The molecule has 7 aromatic carbocycles. The van der Waals surface area contributed by atoms with Crippen LogP contribution in [0.3, 0.4) is 0 Å². The third kappa shape index (κ3) is 4.55. The van der Waals surface area contributed by atoms with E-state index in [-0.39, 0.29) is 22.7 Å². The topological polar surface area (TPSA) is 161 Å². The molecule has 0 saturated heterocycles. The SMILES string of the molecule is CCC[CH2][Sn]1([CH2]CCC)[c]2cc3c4c(ccc5c6ccc7c8c(c[c]1c(c2c45)c86)C(=O)N(c1ccc([N+](=O)[O-])cc1)C7=O)C(=O)N(c1ccc([N+](=O)[O-])cc1)C3=O. The number of nitro groups is 2. The van der Waals surface area contributed by atoms with Crippen molar-refractivity contribution in [2.24, 2.45) is 0 Å². The van der Waals surface area contributed by atoms with Gasteiger partial charge in [-0.1, -0.05) is 0 Å². The van der Waals surface area contributed by atoms with E-state index in [1.54, 1.807) is 12.1 Å². The fraction of sp³-hybridized carbons (Fsp3) is 0.182. The molecule has 3 aliphatic rings. The molecule has 3 heterocycles. The standard InChI is InChI=1S/C36H14N4O8.2C4H9.Sn/c41-33-25-13-9-21-23-11-15-27-32-28(36(44)38(35(27)43)18-3-7-20(8-4-18)40(47)48)16-12-24(30(23)32)22-10-14-26(31(25)29(21)22)34(42)37(33)17-1-5-19(6-2-17)39(45)46;2*1-3-4-2;/h1-9,11,13-16H;2*1,3-4H2,2H3;. The summed E-state index contributed by atoms with van der Waals surface area (Å²) < 4.78 is 4.19. The third-order valence-electron chi connectivity index (χ3n) is 12.4. The number of carbonyl (C=O) groups is 4. The second-order valence-corrected chi connectivity index (χ2v) is 27.3. The maximum absolute atomic E-state index is 14.8. The zero-order chi connectivity index (χ0) is 39.7. The van der Waals surface area contributed by atoms with Gasteiger partial charge in [-0.25, -0.2) is 0 Å². The van der Waals surface area contributed by atoms with Crippen LogP contribution in [0.5, 0.6) is 0 Å². The molecule has 0 saturated carbocycles. The molecule has 57 heavy (non-hydrogen) atoms. The van der Waals surface area contributed by atoms with E-state index < -0.39 is 51.9 Å². The predicted octanol–water partition coefficient (Wildman–Crippen LogP) is 8.63. The molecule has 7 aromatic rings. The van der Waals surface area contributed by atoms with E-state index in [4.69, 9.17) is 0 Å². The Balaban J connectivity index is 1.29. The number of imide groups is 2. The summed E-state index contributed by atoms with van der Waals surface area (Å²) in [6.07, 6.45) is 3.79. The zero-order valence-electron chi connectivity index (χ0n) is 30.9. The molecule has 0 fully saturated rings. The zero-order valence-corrected chi connectivity index (χ0v) is 33.7. The third-order valence-corrected chi connectivity index (χ3v) is 27.4. The van der Waals surface area contributed by atoms with Crippen molar-refractivity contribution in [2.75, 3.05) is 9.80 Å². The van der Waals surface area contributed by atoms with E-state index in [2.05, 4.69) is 13.8 Å². The first-order chi connectivity index (χ1) is 27.5. The van der Waals surface area contributed by atoms with E-state index in [0.717, 1.165) is 83.8 Å². The van der Waals surface area contributed by atoms with Gasteiger partial charge in [0.05, 0.1) is 0 Å². The van der Waals surface area contributed by atoms with Crippen molar-refractivity contribution < 1.29 is 29.0 Å². The molecular weight excluding hydrogens is 831 g/mol. The molecule has 13 heteroatoms. The van der Waals surface area contributed by atoms with Crippen molar-refractivity contribution in [1.82, 2.24) is 0 Å². The summed E-state index contributed by atoms with van der Waals surface area (Å²) in [6, 6.07) is 22.2. The van der Waals surface area contributed by atoms with Gasteiger partial charge in [0.1, 0.15) is 0 Å². The van der Waals surface area contributed by atoms with Crippen LogP contribution in [0.25, 0.3) is 43.1 Å². The van der Waals surface area contributed by atoms with Crippen molar-refractivity contribution in [1.29, 1.82) is 0 Å². The van der Waals surface area contributed by atoms with Crippen LogP contribution < -0.4 is 17.0 Å². The monoisotopic (exact) mass is 864 g/mol. The normalized spacial score (nSPS) is 15.4. The number of nitrogens with zero attached hydrogens (tertiary/aromatic N) is 4. The van der Waals surface area contributed by atoms with Gasteiger partial charge in [0.2, 0.25) is 0 Å². The number of unbranched alkanes of at least 4 members (excludes halogenated alkanes) is 2. The molecule has 4 amide bonds. The molecule has 0 radical (unpaired) electrons. The Labute approximate surface area is 328 Å². The molecule has 0 bridgehead atoms. The van der Waals surface area contributed by atoms with E-state index in [1.165, 1.54) is 48.5 Å². The number of non-ortho nitro benzene ring substituents is 2. The Morgan fingerprint density at radius 1 is 0.491 bits per heavy atom. The summed E-state index contributed by atoms with van der Waals surface area (Å²) in [5.74, 6) is -2.02. The molecule has 10 rings (SSSR count). The molecule has 0 unspecified atom stereocenters. The van der Waals surface area contributed by atoms with Crippen LogP contribution >= 0.6 is 0 Å². The van der Waals surface area contributed by atoms with Gasteiger partial charge in [0, 0.05) is 0 Å². The van der Waals surface area contributed by atoms with Gasteiger partial charge in [-0.2, -0.15) is 0 Å². The number of amides is 4. The molecule has 0 atom stereocenters. The Morgan fingerprint density at radius 2 is 0.860 bits per heavy atom. The minimum absolute atomic E-state index is 0.154. The molecular formula is C44H32N4O8Sn. The van der Waals surface area contributed by atoms with Crippen LogP contribution in [0.2, 0.25) is 8.87 Å². The number of carbonyl (C=O) groups excluding carboxylic acids is 4. The molecule has 0 aromatic heterocycles. The van der Waals surface area contributed by atoms with Crippen LogP contribution in [0, 0.1) is 20.2 Å². The molecule has 12 nitrogen and oxygen atoms in total. The van der Waals surface area contributed by atoms with Crippen LogP contribution in [-0.4, -0.2) is 51.9 Å². The van der Waals surface area contributed by atoms with Crippen molar-refractivity contribution in [3.63, 3.8) is 0 Å². The van der Waals surface area contributed by atoms with Crippen LogP contribution in [-0.2, 0) is 0 Å². The number of rotatable bonds is 10. The van der Waals surface area contributed by atoms with Crippen LogP contribution in [0.15, 0.2) is 84.9 Å². The van der Waals surface area contributed by atoms with Crippen molar-refractivity contribution in [3.8, 4) is 0 Å². The fourth-order valence-electron chi connectivity index (χ4n) is 9.90. The van der Waals surface area contributed by atoms with E-state index >= 15 is 0 Å². The van der Waals surface area contributed by atoms with E-state index in [0.29, 0.717) is 33.0 Å². The Hall–Kier alpha value is -6.28. The molecule has 0 spiro atoms. The summed E-state index contributed by atoms with van der Waals surface area (Å²) in [4.78, 5) is 82.4. The first-order valence-electron chi connectivity index (χ1n) is 19.1. The molecule has 280 valence electrons. The minimum atomic E-state index is -3.92. The molecule has 0 aliphatic carbocycles. The van der Waals surface area contributed by atoms with Gasteiger partial charge in [-0.15, -0.1) is 0 Å². The Bertz CT molecular complexity index is 2830. The van der Waals surface area contributed by atoms with Gasteiger partial charge < -0.3 is 0 Å². The number of hydrogen-bond acceptors (Lipinski definition) is 8. The number of hydrogen-bond donors (Lipinski definition) is 0. The summed E-state index contributed by atoms with van der Waals surface area (Å²) in [5.41, 5.74) is 1.72. The van der Waals surface area contributed by atoms with Crippen molar-refractivity contribution >= 4 is 115 Å². The number of benzene rings is 7. The Morgan fingerprint density at radius 3 is 1.21 bits per heavy atom. The van der Waals surface area contributed by atoms with Gasteiger partial charge >= 0.3 is 330 Å². The first-order valence-corrected chi connectivity index (χ1v) is 26.0.